The van der Waals surface area contributed by atoms with Crippen LogP contribution in [0.2, 0.25) is 0 Å². The monoisotopic (exact) mass is 1220 g/mol. The quantitative estimate of drug-likeness (QED) is 0.108. The fourth-order valence-corrected chi connectivity index (χ4v) is 15.4. The van der Waals surface area contributed by atoms with E-state index in [1.807, 2.05) is 48.6 Å². The van der Waals surface area contributed by atoms with Crippen LogP contribution in [0.25, 0.3) is 78.6 Å². The van der Waals surface area contributed by atoms with E-state index in [0.717, 1.165) is 156 Å². The first kappa shape index (κ1) is 56.8. The van der Waals surface area contributed by atoms with Gasteiger partial charge in [-0.2, -0.15) is 0 Å². The number of para-hydroxylation sites is 2. The Morgan fingerprint density at radius 1 is 0.274 bits per heavy atom. The number of hydrogen-bond donors (Lipinski definition) is 0. The van der Waals surface area contributed by atoms with E-state index < -0.39 is 10.8 Å². The molecule has 0 spiro atoms. The molecule has 15 aromatic rings. The lowest BCUT2D eigenvalue weighted by Crippen LogP contribution is -2.28. The zero-order valence-electron chi connectivity index (χ0n) is 51.8. The molecular weight excluding hydrogens is 1160 g/mol. The van der Waals surface area contributed by atoms with Gasteiger partial charge in [0.25, 0.3) is 0 Å². The van der Waals surface area contributed by atoms with Crippen LogP contribution in [0.15, 0.2) is 345 Å². The summed E-state index contributed by atoms with van der Waals surface area (Å²) in [6, 6.07) is 114. The second kappa shape index (κ2) is 22.9. The molecule has 0 saturated carbocycles. The van der Waals surface area contributed by atoms with E-state index >= 15 is 0 Å². The third-order valence-electron chi connectivity index (χ3n) is 19.7. The molecule has 3 nitrogen and oxygen atoms in total. The Hall–Kier alpha value is -12.2. The molecule has 17 rings (SSSR count). The normalized spacial score (nSPS) is 15.0. The van der Waals surface area contributed by atoms with Gasteiger partial charge in [-0.3, -0.25) is 0 Å². The summed E-state index contributed by atoms with van der Waals surface area (Å²) in [5, 5.41) is 2.03. The fourth-order valence-electron chi connectivity index (χ4n) is 15.4. The summed E-state index contributed by atoms with van der Waals surface area (Å²) in [4.78, 5) is 4.59. The third-order valence-corrected chi connectivity index (χ3v) is 19.7. The number of hydrogen-bond acceptors (Lipinski definition) is 3. The Kier molecular flexibility index (Phi) is 13.7. The van der Waals surface area contributed by atoms with Gasteiger partial charge in [0.05, 0.1) is 10.8 Å². The number of furan rings is 1. The van der Waals surface area contributed by atoms with Gasteiger partial charge in [0.1, 0.15) is 22.8 Å². The van der Waals surface area contributed by atoms with Gasteiger partial charge in [0, 0.05) is 57.0 Å². The molecule has 0 aliphatic heterocycles. The van der Waals surface area contributed by atoms with Gasteiger partial charge in [0.2, 0.25) is 0 Å². The molecule has 1 aromatic heterocycles. The van der Waals surface area contributed by atoms with Crippen LogP contribution in [-0.4, -0.2) is 0 Å². The zero-order chi connectivity index (χ0) is 63.8. The van der Waals surface area contributed by atoms with Gasteiger partial charge < -0.3 is 14.2 Å². The SMILES string of the molecule is C=Cc1ccc(C2(c3ccc(F)cc3)c3ccccc3-c3ccc(-c4cccc(N(c5ccccc5)c5ccc6c(c5)oc5cc(N(c7ccccc7)c7cccc(-c8ccc9c(c8)C(c8ccc(F)cc8)(c8ccc(C=C)cc8)c8ccccc8-9)c7)ccc56)c4)cc32)cc1. The molecule has 0 radical (unpaired) electrons. The van der Waals surface area contributed by atoms with E-state index in [1.165, 1.54) is 0 Å². The Morgan fingerprint density at radius 3 is 1.01 bits per heavy atom. The Bertz CT molecular complexity index is 5140. The average molecular weight is 1220 g/mol. The van der Waals surface area contributed by atoms with Crippen LogP contribution in [0.4, 0.5) is 42.9 Å². The zero-order valence-corrected chi connectivity index (χ0v) is 51.8. The van der Waals surface area contributed by atoms with Crippen LogP contribution in [0, 0.1) is 11.6 Å². The number of benzene rings is 14. The predicted octanol–water partition coefficient (Wildman–Crippen LogP) is 24.2. The van der Waals surface area contributed by atoms with E-state index in [1.54, 1.807) is 24.3 Å². The van der Waals surface area contributed by atoms with Crippen molar-refractivity contribution in [3.63, 3.8) is 0 Å². The van der Waals surface area contributed by atoms with Gasteiger partial charge >= 0.3 is 0 Å². The highest BCUT2D eigenvalue weighted by molar-refractivity contribution is 6.07. The lowest BCUT2D eigenvalue weighted by molar-refractivity contribution is 0.624. The Labute approximate surface area is 551 Å². The average Bonchev–Trinajstić information content (AvgIpc) is 1.56. The van der Waals surface area contributed by atoms with Crippen molar-refractivity contribution in [2.24, 2.45) is 0 Å². The summed E-state index contributed by atoms with van der Waals surface area (Å²) in [7, 11) is 0. The number of anilines is 6. The highest BCUT2D eigenvalue weighted by Crippen LogP contribution is 2.59. The summed E-state index contributed by atoms with van der Waals surface area (Å²) in [6.45, 7) is 8.09. The van der Waals surface area contributed by atoms with E-state index in [9.17, 15) is 8.78 Å². The minimum Gasteiger partial charge on any atom is -0.456 e. The molecule has 0 amide bonds. The van der Waals surface area contributed by atoms with Crippen molar-refractivity contribution in [1.82, 2.24) is 0 Å². The molecule has 5 heteroatoms. The molecule has 0 N–H and O–H groups in total. The van der Waals surface area contributed by atoms with Crippen molar-refractivity contribution in [3.05, 3.63) is 408 Å². The smallest absolute Gasteiger partial charge is 0.137 e. The largest absolute Gasteiger partial charge is 0.456 e. The molecule has 2 aliphatic carbocycles. The van der Waals surface area contributed by atoms with Gasteiger partial charge in [-0.05, 0) is 209 Å². The molecule has 450 valence electrons. The number of rotatable bonds is 14. The summed E-state index contributed by atoms with van der Waals surface area (Å²) in [6.07, 6.45) is 3.73. The lowest BCUT2D eigenvalue weighted by atomic mass is 9.67. The molecule has 1 heterocycles. The first-order valence-electron chi connectivity index (χ1n) is 32.1. The molecule has 0 saturated heterocycles. The summed E-state index contributed by atoms with van der Waals surface area (Å²) in [5.74, 6) is -0.547. The van der Waals surface area contributed by atoms with Crippen molar-refractivity contribution in [1.29, 1.82) is 0 Å². The maximum Gasteiger partial charge on any atom is 0.137 e. The summed E-state index contributed by atoms with van der Waals surface area (Å²) in [5.41, 5.74) is 25.6. The molecule has 0 fully saturated rings. The Balaban J connectivity index is 0.744. The van der Waals surface area contributed by atoms with Crippen LogP contribution >= 0.6 is 0 Å². The highest BCUT2D eigenvalue weighted by atomic mass is 19.1. The standard InChI is InChI=1S/C90H60F2N2O/c1-3-59-29-35-65(36-30-59)89(67-39-43-69(91)44-40-67)83-27-13-11-25-77(83)79-49-33-63(55-85(79)89)61-17-15-23-73(53-61)93(71-19-7-5-8-20-71)75-47-51-81-82-52-48-76(58-88(82)95-87(81)57-75)94(72-21-9-6-10-22-72)74-24-16-18-62(54-74)64-34-50-80-78-26-12-14-28-84(78)90(86(80)56-64,68-41-45-70(92)46-42-68)66-37-31-60(4-2)32-38-66/h3-58H,1-2H2. The van der Waals surface area contributed by atoms with Crippen LogP contribution < -0.4 is 9.80 Å². The van der Waals surface area contributed by atoms with Crippen LogP contribution in [0.1, 0.15) is 55.6 Å². The maximum absolute atomic E-state index is 14.9. The first-order valence-corrected chi connectivity index (χ1v) is 32.1. The minimum absolute atomic E-state index is 0.273. The van der Waals surface area contributed by atoms with Crippen LogP contribution in [-0.2, 0) is 10.8 Å². The summed E-state index contributed by atoms with van der Waals surface area (Å²) >= 11 is 0. The van der Waals surface area contributed by atoms with E-state index in [4.69, 9.17) is 4.42 Å². The molecule has 95 heavy (non-hydrogen) atoms. The molecule has 2 aliphatic rings. The molecule has 14 aromatic carbocycles. The second-order valence-electron chi connectivity index (χ2n) is 24.7. The first-order chi connectivity index (χ1) is 46.8. The highest BCUT2D eigenvalue weighted by Gasteiger charge is 2.48. The fraction of sp³-hybridized carbons (Fsp3) is 0.0222. The molecule has 2 atom stereocenters. The van der Waals surface area contributed by atoms with Gasteiger partial charge in [-0.15, -0.1) is 0 Å². The van der Waals surface area contributed by atoms with Crippen molar-refractivity contribution >= 4 is 68.2 Å². The van der Waals surface area contributed by atoms with Crippen molar-refractivity contribution < 1.29 is 13.2 Å². The van der Waals surface area contributed by atoms with Gasteiger partial charge in [-0.1, -0.05) is 232 Å². The van der Waals surface area contributed by atoms with Gasteiger partial charge in [0.15, 0.2) is 0 Å². The van der Waals surface area contributed by atoms with Crippen molar-refractivity contribution in [2.45, 2.75) is 10.8 Å². The summed E-state index contributed by atoms with van der Waals surface area (Å²) < 4.78 is 36.8. The molecule has 2 unspecified atom stereocenters. The van der Waals surface area contributed by atoms with E-state index in [2.05, 4.69) is 290 Å². The minimum atomic E-state index is -0.724. The van der Waals surface area contributed by atoms with Crippen LogP contribution in [0.5, 0.6) is 0 Å². The maximum atomic E-state index is 14.9. The third kappa shape index (κ3) is 9.22. The Morgan fingerprint density at radius 2 is 0.611 bits per heavy atom. The predicted molar refractivity (Wildman–Crippen MR) is 389 cm³/mol. The van der Waals surface area contributed by atoms with Gasteiger partial charge in [-0.25, -0.2) is 8.78 Å². The molecule has 0 bridgehead atoms. The van der Waals surface area contributed by atoms with Crippen molar-refractivity contribution in [2.75, 3.05) is 9.80 Å². The number of fused-ring (bicyclic) bond motifs is 9. The van der Waals surface area contributed by atoms with E-state index in [-0.39, 0.29) is 11.6 Å². The van der Waals surface area contributed by atoms with E-state index in [0.29, 0.717) is 0 Å². The molecular formula is C90H60F2N2O. The van der Waals surface area contributed by atoms with Crippen molar-refractivity contribution in [3.8, 4) is 44.5 Å². The number of halogens is 2. The van der Waals surface area contributed by atoms with Crippen LogP contribution in [0.3, 0.4) is 0 Å². The lowest BCUT2D eigenvalue weighted by Gasteiger charge is -2.34. The number of nitrogens with zero attached hydrogens (tertiary/aromatic N) is 2. The topological polar surface area (TPSA) is 19.6 Å². The second-order valence-corrected chi connectivity index (χ2v) is 24.7.